The number of carbonyl (C=O) groups is 2. The molecule has 0 radical (unpaired) electrons. The molecule has 0 atom stereocenters. The third kappa shape index (κ3) is 2.74. The first-order valence-electron chi connectivity index (χ1n) is 6.86. The maximum absolute atomic E-state index is 12.6. The van der Waals surface area contributed by atoms with Crippen LogP contribution in [-0.4, -0.2) is 44.0 Å². The molecule has 2 saturated carbocycles. The molecule has 0 aromatic carbocycles. The van der Waals surface area contributed by atoms with Gasteiger partial charge in [0.05, 0.1) is 11.1 Å². The highest BCUT2D eigenvalue weighted by Crippen LogP contribution is 2.39. The Bertz CT molecular complexity index is 615. The number of hydrogen-bond donors (Lipinski definition) is 1. The van der Waals surface area contributed by atoms with Crippen LogP contribution in [-0.2, 0) is 4.79 Å². The molecule has 0 unspecified atom stereocenters. The maximum atomic E-state index is 12.6. The summed E-state index contributed by atoms with van der Waals surface area (Å²) in [5, 5.41) is 19.8. The fourth-order valence-corrected chi connectivity index (χ4v) is 2.44. The predicted octanol–water partition coefficient (Wildman–Crippen LogP) is 1.42. The SMILES string of the molecule is O=C(O)CN(C(=O)c1cc([N+](=O)[O-])cn1C1CC1)C1CC1. The highest BCUT2D eigenvalue weighted by atomic mass is 16.6. The van der Waals surface area contributed by atoms with Crippen molar-refractivity contribution in [2.75, 3.05) is 6.54 Å². The van der Waals surface area contributed by atoms with E-state index in [9.17, 15) is 19.7 Å². The van der Waals surface area contributed by atoms with Gasteiger partial charge in [-0.25, -0.2) is 0 Å². The molecular formula is C13H15N3O5. The monoisotopic (exact) mass is 293 g/mol. The molecule has 8 heteroatoms. The number of carbonyl (C=O) groups excluding carboxylic acids is 1. The van der Waals surface area contributed by atoms with Crippen molar-refractivity contribution < 1.29 is 19.6 Å². The third-order valence-corrected chi connectivity index (χ3v) is 3.76. The van der Waals surface area contributed by atoms with Crippen LogP contribution in [0.25, 0.3) is 0 Å². The van der Waals surface area contributed by atoms with Gasteiger partial charge < -0.3 is 14.6 Å². The van der Waals surface area contributed by atoms with Gasteiger partial charge in [0.25, 0.3) is 11.6 Å². The van der Waals surface area contributed by atoms with Gasteiger partial charge in [0.1, 0.15) is 12.2 Å². The van der Waals surface area contributed by atoms with Crippen molar-refractivity contribution in [3.8, 4) is 0 Å². The zero-order chi connectivity index (χ0) is 15.1. The van der Waals surface area contributed by atoms with Crippen molar-refractivity contribution in [2.24, 2.45) is 0 Å². The minimum Gasteiger partial charge on any atom is -0.480 e. The van der Waals surface area contributed by atoms with Gasteiger partial charge in [0, 0.05) is 18.2 Å². The van der Waals surface area contributed by atoms with Crippen LogP contribution < -0.4 is 0 Å². The van der Waals surface area contributed by atoms with E-state index >= 15 is 0 Å². The van der Waals surface area contributed by atoms with Crippen molar-refractivity contribution >= 4 is 17.6 Å². The minimum absolute atomic E-state index is 0.0600. The summed E-state index contributed by atoms with van der Waals surface area (Å²) in [6.07, 6.45) is 4.70. The molecule has 1 heterocycles. The average Bonchev–Trinajstić information content (AvgIpc) is 3.32. The van der Waals surface area contributed by atoms with Gasteiger partial charge in [0.15, 0.2) is 0 Å². The fourth-order valence-electron chi connectivity index (χ4n) is 2.44. The van der Waals surface area contributed by atoms with Crippen LogP contribution in [0.3, 0.4) is 0 Å². The molecular weight excluding hydrogens is 278 g/mol. The van der Waals surface area contributed by atoms with Crippen LogP contribution in [0.4, 0.5) is 5.69 Å². The number of amides is 1. The maximum Gasteiger partial charge on any atom is 0.323 e. The molecule has 2 aliphatic rings. The summed E-state index contributed by atoms with van der Waals surface area (Å²) in [6.45, 7) is -0.368. The Morgan fingerprint density at radius 2 is 2.05 bits per heavy atom. The van der Waals surface area contributed by atoms with E-state index < -0.39 is 16.8 Å². The molecule has 0 bridgehead atoms. The molecule has 1 aromatic heterocycles. The molecule has 8 nitrogen and oxygen atoms in total. The molecule has 1 amide bonds. The van der Waals surface area contributed by atoms with Crippen molar-refractivity contribution in [1.29, 1.82) is 0 Å². The molecule has 1 aromatic rings. The lowest BCUT2D eigenvalue weighted by molar-refractivity contribution is -0.384. The van der Waals surface area contributed by atoms with Gasteiger partial charge in [0.2, 0.25) is 0 Å². The van der Waals surface area contributed by atoms with Crippen LogP contribution >= 0.6 is 0 Å². The van der Waals surface area contributed by atoms with E-state index in [-0.39, 0.29) is 30.0 Å². The third-order valence-electron chi connectivity index (χ3n) is 3.76. The number of aromatic nitrogens is 1. The lowest BCUT2D eigenvalue weighted by Gasteiger charge is -2.20. The number of nitro groups is 1. The van der Waals surface area contributed by atoms with Gasteiger partial charge in [-0.3, -0.25) is 19.7 Å². The molecule has 112 valence electrons. The molecule has 21 heavy (non-hydrogen) atoms. The first-order valence-corrected chi connectivity index (χ1v) is 6.86. The Morgan fingerprint density at radius 1 is 1.38 bits per heavy atom. The quantitative estimate of drug-likeness (QED) is 0.630. The summed E-state index contributed by atoms with van der Waals surface area (Å²) < 4.78 is 1.62. The normalized spacial score (nSPS) is 17.5. The van der Waals surface area contributed by atoms with E-state index in [2.05, 4.69) is 0 Å². The largest absolute Gasteiger partial charge is 0.480 e. The van der Waals surface area contributed by atoms with Crippen LogP contribution in [0.15, 0.2) is 12.3 Å². The molecule has 3 rings (SSSR count). The van der Waals surface area contributed by atoms with E-state index in [0.29, 0.717) is 0 Å². The zero-order valence-corrected chi connectivity index (χ0v) is 11.3. The molecule has 0 saturated heterocycles. The zero-order valence-electron chi connectivity index (χ0n) is 11.3. The Hall–Kier alpha value is -2.38. The van der Waals surface area contributed by atoms with Crippen molar-refractivity contribution in [2.45, 2.75) is 37.8 Å². The number of carboxylic acids is 1. The van der Waals surface area contributed by atoms with Crippen molar-refractivity contribution in [1.82, 2.24) is 9.47 Å². The molecule has 2 aliphatic carbocycles. The van der Waals surface area contributed by atoms with Crippen molar-refractivity contribution in [3.05, 3.63) is 28.1 Å². The second-order valence-electron chi connectivity index (χ2n) is 5.54. The van der Waals surface area contributed by atoms with Gasteiger partial charge in [-0.1, -0.05) is 0 Å². The number of nitrogens with zero attached hydrogens (tertiary/aromatic N) is 3. The van der Waals surface area contributed by atoms with E-state index in [1.165, 1.54) is 17.2 Å². The summed E-state index contributed by atoms with van der Waals surface area (Å²) in [4.78, 5) is 35.2. The van der Waals surface area contributed by atoms with Crippen LogP contribution in [0.2, 0.25) is 0 Å². The first-order chi connectivity index (χ1) is 9.97. The predicted molar refractivity (Wildman–Crippen MR) is 71.1 cm³/mol. The molecule has 0 spiro atoms. The second kappa shape index (κ2) is 4.87. The number of carboxylic acid groups (broad SMARTS) is 1. The highest BCUT2D eigenvalue weighted by molar-refractivity contribution is 5.95. The van der Waals surface area contributed by atoms with Gasteiger partial charge in [-0.05, 0) is 25.7 Å². The van der Waals surface area contributed by atoms with Gasteiger partial charge in [-0.2, -0.15) is 0 Å². The van der Waals surface area contributed by atoms with Crippen LogP contribution in [0, 0.1) is 10.1 Å². The summed E-state index contributed by atoms with van der Waals surface area (Å²) in [6, 6.07) is 1.30. The highest BCUT2D eigenvalue weighted by Gasteiger charge is 2.38. The first kappa shape index (κ1) is 13.6. The van der Waals surface area contributed by atoms with E-state index in [4.69, 9.17) is 5.11 Å². The average molecular weight is 293 g/mol. The lowest BCUT2D eigenvalue weighted by atomic mass is 10.3. The second-order valence-corrected chi connectivity index (χ2v) is 5.54. The van der Waals surface area contributed by atoms with E-state index in [0.717, 1.165) is 25.7 Å². The van der Waals surface area contributed by atoms with Crippen molar-refractivity contribution in [3.63, 3.8) is 0 Å². The van der Waals surface area contributed by atoms with E-state index in [1.54, 1.807) is 4.57 Å². The summed E-state index contributed by atoms with van der Waals surface area (Å²) in [5.74, 6) is -1.51. The summed E-state index contributed by atoms with van der Waals surface area (Å²) >= 11 is 0. The minimum atomic E-state index is -1.07. The lowest BCUT2D eigenvalue weighted by Crippen LogP contribution is -2.38. The van der Waals surface area contributed by atoms with Gasteiger partial charge in [-0.15, -0.1) is 0 Å². The molecule has 1 N–H and O–H groups in total. The van der Waals surface area contributed by atoms with Gasteiger partial charge >= 0.3 is 5.97 Å². The Balaban J connectivity index is 1.91. The summed E-state index contributed by atoms with van der Waals surface area (Å²) in [7, 11) is 0. The Labute approximate surface area is 120 Å². The smallest absolute Gasteiger partial charge is 0.323 e. The number of hydrogen-bond acceptors (Lipinski definition) is 4. The summed E-state index contributed by atoms with van der Waals surface area (Å²) in [5.41, 5.74) is 0.0914. The molecule has 2 fully saturated rings. The standard InChI is InChI=1S/C13H15N3O5/c17-12(18)7-15(9-3-4-9)13(19)11-5-10(16(20)21)6-14(11)8-1-2-8/h5-6,8-9H,1-4,7H2,(H,17,18). The number of aliphatic carboxylic acids is 1. The Kier molecular flexibility index (Phi) is 3.15. The van der Waals surface area contributed by atoms with Crippen LogP contribution in [0.5, 0.6) is 0 Å². The Morgan fingerprint density at radius 3 is 2.52 bits per heavy atom. The topological polar surface area (TPSA) is 106 Å². The van der Waals surface area contributed by atoms with E-state index in [1.807, 2.05) is 0 Å². The number of rotatable bonds is 6. The molecule has 0 aliphatic heterocycles. The van der Waals surface area contributed by atoms with Crippen LogP contribution in [0.1, 0.15) is 42.2 Å². The fraction of sp³-hybridized carbons (Fsp3) is 0.538.